The molecular weight excluding hydrogens is 452 g/mol. The Labute approximate surface area is 201 Å². The number of nitrogens with zero attached hydrogens (tertiary/aromatic N) is 3. The van der Waals surface area contributed by atoms with E-state index in [1.54, 1.807) is 54.4 Å². The summed E-state index contributed by atoms with van der Waals surface area (Å²) < 4.78 is 7.31. The van der Waals surface area contributed by atoms with Gasteiger partial charge in [0.1, 0.15) is 5.69 Å². The van der Waals surface area contributed by atoms with Gasteiger partial charge in [0.05, 0.1) is 12.0 Å². The fourth-order valence-electron chi connectivity index (χ4n) is 3.87. The van der Waals surface area contributed by atoms with Gasteiger partial charge in [-0.15, -0.1) is 0 Å². The van der Waals surface area contributed by atoms with Gasteiger partial charge < -0.3 is 14.6 Å². The van der Waals surface area contributed by atoms with Gasteiger partial charge in [-0.05, 0) is 66.9 Å². The van der Waals surface area contributed by atoms with Crippen molar-refractivity contribution in [2.45, 2.75) is 25.4 Å². The van der Waals surface area contributed by atoms with Crippen LogP contribution in [0.3, 0.4) is 0 Å². The SMILES string of the molecule is CNC(=O)c1ccc(CN(C(=O)c2cc(-c3ccco3)n(-c3ccc(Cl)cc3)n2)C2CC2)cc1. The maximum absolute atomic E-state index is 13.6. The lowest BCUT2D eigenvalue weighted by molar-refractivity contribution is 0.0723. The number of carbonyl (C=O) groups excluding carboxylic acids is 2. The Kier molecular flexibility index (Phi) is 5.94. The highest BCUT2D eigenvalue weighted by molar-refractivity contribution is 6.30. The zero-order valence-electron chi connectivity index (χ0n) is 18.6. The molecule has 1 saturated carbocycles. The van der Waals surface area contributed by atoms with E-state index in [1.807, 2.05) is 35.2 Å². The molecule has 2 aromatic heterocycles. The molecule has 0 spiro atoms. The van der Waals surface area contributed by atoms with E-state index in [9.17, 15) is 9.59 Å². The summed E-state index contributed by atoms with van der Waals surface area (Å²) in [6, 6.07) is 20.2. The molecule has 0 bridgehead atoms. The average Bonchev–Trinajstić information content (AvgIpc) is 3.37. The molecule has 1 N–H and O–H groups in total. The maximum atomic E-state index is 13.6. The van der Waals surface area contributed by atoms with Gasteiger partial charge in [-0.25, -0.2) is 4.68 Å². The number of carbonyl (C=O) groups is 2. The van der Waals surface area contributed by atoms with Gasteiger partial charge in [0.25, 0.3) is 11.8 Å². The van der Waals surface area contributed by atoms with Crippen LogP contribution in [0.4, 0.5) is 0 Å². The molecule has 7 nitrogen and oxygen atoms in total. The van der Waals surface area contributed by atoms with E-state index < -0.39 is 0 Å². The van der Waals surface area contributed by atoms with E-state index in [-0.39, 0.29) is 17.9 Å². The molecule has 172 valence electrons. The number of aromatic nitrogens is 2. The number of hydrogen-bond donors (Lipinski definition) is 1. The molecule has 4 aromatic rings. The first-order valence-electron chi connectivity index (χ1n) is 11.1. The van der Waals surface area contributed by atoms with Crippen LogP contribution in [0.1, 0.15) is 39.3 Å². The highest BCUT2D eigenvalue weighted by Crippen LogP contribution is 2.31. The monoisotopic (exact) mass is 474 g/mol. The quantitative estimate of drug-likeness (QED) is 0.411. The lowest BCUT2D eigenvalue weighted by atomic mass is 10.1. The van der Waals surface area contributed by atoms with Crippen molar-refractivity contribution in [2.75, 3.05) is 7.05 Å². The highest BCUT2D eigenvalue weighted by Gasteiger charge is 2.34. The Morgan fingerprint density at radius 2 is 1.85 bits per heavy atom. The Hall–Kier alpha value is -3.84. The van der Waals surface area contributed by atoms with Crippen molar-refractivity contribution in [1.82, 2.24) is 20.0 Å². The van der Waals surface area contributed by atoms with E-state index >= 15 is 0 Å². The maximum Gasteiger partial charge on any atom is 0.274 e. The largest absolute Gasteiger partial charge is 0.463 e. The van der Waals surface area contributed by atoms with Crippen LogP contribution >= 0.6 is 11.6 Å². The zero-order chi connectivity index (χ0) is 23.7. The third-order valence-corrected chi connectivity index (χ3v) is 6.07. The second-order valence-electron chi connectivity index (χ2n) is 8.22. The molecule has 5 rings (SSSR count). The van der Waals surface area contributed by atoms with Crippen LogP contribution in [-0.4, -0.2) is 39.6 Å². The second-order valence-corrected chi connectivity index (χ2v) is 8.66. The molecule has 1 aliphatic rings. The lowest BCUT2D eigenvalue weighted by Crippen LogP contribution is -2.33. The smallest absolute Gasteiger partial charge is 0.274 e. The van der Waals surface area contributed by atoms with Crippen LogP contribution in [-0.2, 0) is 6.54 Å². The third-order valence-electron chi connectivity index (χ3n) is 5.82. The number of rotatable bonds is 7. The summed E-state index contributed by atoms with van der Waals surface area (Å²) in [6.07, 6.45) is 3.52. The number of halogens is 1. The van der Waals surface area contributed by atoms with Crippen LogP contribution in [0, 0.1) is 0 Å². The van der Waals surface area contributed by atoms with Crippen molar-refractivity contribution < 1.29 is 14.0 Å². The second kappa shape index (κ2) is 9.19. The molecular formula is C26H23ClN4O3. The first-order valence-corrected chi connectivity index (χ1v) is 11.4. The molecule has 0 unspecified atom stereocenters. The van der Waals surface area contributed by atoms with Crippen LogP contribution < -0.4 is 5.32 Å². The molecule has 8 heteroatoms. The Bertz CT molecular complexity index is 1310. The molecule has 1 fully saturated rings. The average molecular weight is 475 g/mol. The molecule has 2 amide bonds. The minimum atomic E-state index is -0.140. The van der Waals surface area contributed by atoms with Gasteiger partial charge in [0, 0.05) is 36.3 Å². The van der Waals surface area contributed by atoms with Crippen molar-refractivity contribution in [3.8, 4) is 17.1 Å². The first kappa shape index (κ1) is 22.0. The number of benzene rings is 2. The fourth-order valence-corrected chi connectivity index (χ4v) is 3.99. The van der Waals surface area contributed by atoms with Crippen LogP contribution in [0.15, 0.2) is 77.4 Å². The first-order chi connectivity index (χ1) is 16.5. The van der Waals surface area contributed by atoms with Gasteiger partial charge in [0.15, 0.2) is 11.5 Å². The lowest BCUT2D eigenvalue weighted by Gasteiger charge is -2.21. The molecule has 0 radical (unpaired) electrons. The molecule has 2 aromatic carbocycles. The summed E-state index contributed by atoms with van der Waals surface area (Å²) in [5, 5.41) is 7.89. The molecule has 0 aliphatic heterocycles. The predicted octanol–water partition coefficient (Wildman–Crippen LogP) is 4.95. The van der Waals surface area contributed by atoms with Crippen molar-refractivity contribution in [3.05, 3.63) is 94.8 Å². The zero-order valence-corrected chi connectivity index (χ0v) is 19.3. The molecule has 34 heavy (non-hydrogen) atoms. The van der Waals surface area contributed by atoms with Gasteiger partial charge in [-0.2, -0.15) is 5.10 Å². The standard InChI is InChI=1S/C26H23ClN4O3/c1-28-25(32)18-6-4-17(5-7-18)16-30(20-12-13-20)26(33)22-15-23(24-3-2-14-34-24)31(29-22)21-10-8-19(27)9-11-21/h2-11,14-15,20H,12-13,16H2,1H3,(H,28,32). The van der Waals surface area contributed by atoms with Crippen molar-refractivity contribution >= 4 is 23.4 Å². The van der Waals surface area contributed by atoms with E-state index in [0.29, 0.717) is 34.3 Å². The third kappa shape index (κ3) is 4.47. The molecule has 0 saturated heterocycles. The summed E-state index contributed by atoms with van der Waals surface area (Å²) in [4.78, 5) is 27.3. The highest BCUT2D eigenvalue weighted by atomic mass is 35.5. The minimum absolute atomic E-state index is 0.139. The number of furan rings is 1. The number of amides is 2. The van der Waals surface area contributed by atoms with E-state index in [1.165, 1.54) is 0 Å². The normalized spacial score (nSPS) is 13.0. The molecule has 1 aliphatic carbocycles. The minimum Gasteiger partial charge on any atom is -0.463 e. The summed E-state index contributed by atoms with van der Waals surface area (Å²) in [5.74, 6) is 0.336. The van der Waals surface area contributed by atoms with Gasteiger partial charge in [-0.1, -0.05) is 23.7 Å². The molecule has 2 heterocycles. The van der Waals surface area contributed by atoms with Crippen LogP contribution in [0.25, 0.3) is 17.1 Å². The summed E-state index contributed by atoms with van der Waals surface area (Å²) in [6.45, 7) is 0.446. The summed E-state index contributed by atoms with van der Waals surface area (Å²) in [5.41, 5.74) is 3.34. The van der Waals surface area contributed by atoms with Gasteiger partial charge in [-0.3, -0.25) is 9.59 Å². The number of nitrogens with one attached hydrogen (secondary N) is 1. The Morgan fingerprint density at radius 3 is 2.47 bits per heavy atom. The van der Waals surface area contributed by atoms with E-state index in [0.717, 1.165) is 24.1 Å². The van der Waals surface area contributed by atoms with Gasteiger partial charge in [0.2, 0.25) is 0 Å². The summed E-state index contributed by atoms with van der Waals surface area (Å²) >= 11 is 6.06. The van der Waals surface area contributed by atoms with Crippen LogP contribution in [0.2, 0.25) is 5.02 Å². The Balaban J connectivity index is 1.46. The number of hydrogen-bond acceptors (Lipinski definition) is 4. The predicted molar refractivity (Wildman–Crippen MR) is 129 cm³/mol. The van der Waals surface area contributed by atoms with E-state index in [4.69, 9.17) is 16.0 Å². The van der Waals surface area contributed by atoms with Gasteiger partial charge >= 0.3 is 0 Å². The van der Waals surface area contributed by atoms with Crippen molar-refractivity contribution in [1.29, 1.82) is 0 Å². The van der Waals surface area contributed by atoms with Crippen molar-refractivity contribution in [3.63, 3.8) is 0 Å². The summed E-state index contributed by atoms with van der Waals surface area (Å²) in [7, 11) is 1.60. The molecule has 0 atom stereocenters. The fraction of sp³-hybridized carbons (Fsp3) is 0.192. The van der Waals surface area contributed by atoms with Crippen LogP contribution in [0.5, 0.6) is 0 Å². The van der Waals surface area contributed by atoms with Crippen molar-refractivity contribution in [2.24, 2.45) is 0 Å². The Morgan fingerprint density at radius 1 is 1.12 bits per heavy atom. The van der Waals surface area contributed by atoms with E-state index in [2.05, 4.69) is 10.4 Å². The topological polar surface area (TPSA) is 80.4 Å².